The Morgan fingerprint density at radius 3 is 2.10 bits per heavy atom. The van der Waals surface area contributed by atoms with Gasteiger partial charge in [0.05, 0.1) is 0 Å². The molecule has 140 valence electrons. The van der Waals surface area contributed by atoms with E-state index in [0.29, 0.717) is 6.42 Å². The summed E-state index contributed by atoms with van der Waals surface area (Å²) < 4.78 is 16.9. The Kier molecular flexibility index (Phi) is 3.55. The van der Waals surface area contributed by atoms with Crippen molar-refractivity contribution in [3.05, 3.63) is 108 Å². The normalized spacial score (nSPS) is 18.9. The third-order valence-electron chi connectivity index (χ3n) is 6.63. The minimum absolute atomic E-state index is 0.535. The first-order valence-electron chi connectivity index (χ1n) is 10.4. The number of aryl methyl sites for hydroxylation is 1. The van der Waals surface area contributed by atoms with Crippen LogP contribution in [0.5, 0.6) is 0 Å². The molecule has 0 nitrogen and oxygen atoms in total. The van der Waals surface area contributed by atoms with Gasteiger partial charge in [0, 0.05) is 5.56 Å². The molecule has 0 amide bonds. The highest BCUT2D eigenvalue weighted by atomic mass is 19.1. The molecule has 0 saturated carbocycles. The molecule has 5 aromatic carbocycles. The molecular formula is C28H21F. The largest absolute Gasteiger partial charge is 0.233 e. The van der Waals surface area contributed by atoms with Crippen molar-refractivity contribution in [3.63, 3.8) is 0 Å². The van der Waals surface area contributed by atoms with Crippen molar-refractivity contribution in [2.45, 2.75) is 24.9 Å². The molecule has 1 unspecified atom stereocenters. The van der Waals surface area contributed by atoms with Gasteiger partial charge in [-0.25, -0.2) is 4.39 Å². The maximum atomic E-state index is 16.9. The quantitative estimate of drug-likeness (QED) is 0.263. The summed E-state index contributed by atoms with van der Waals surface area (Å²) in [5.41, 5.74) is 1.38. The standard InChI is InChI=1S/C28H21F/c29-28(26-13-5-9-19-7-2-4-11-22(19)26)18-6-12-25-24-15-14-20-8-1-3-10-21(20)23(24)16-17-27(25)28/h1-5,7-11,13-17H,6,12,18H2. The molecule has 6 rings (SSSR count). The monoisotopic (exact) mass is 376 g/mol. The fraction of sp³-hybridized carbons (Fsp3) is 0.143. The van der Waals surface area contributed by atoms with Crippen molar-refractivity contribution >= 4 is 32.3 Å². The number of fused-ring (bicyclic) bond motifs is 6. The van der Waals surface area contributed by atoms with Gasteiger partial charge in [0.25, 0.3) is 0 Å². The predicted molar refractivity (Wildman–Crippen MR) is 120 cm³/mol. The van der Waals surface area contributed by atoms with E-state index in [-0.39, 0.29) is 0 Å². The zero-order chi connectivity index (χ0) is 19.4. The number of rotatable bonds is 1. The van der Waals surface area contributed by atoms with Gasteiger partial charge in [-0.05, 0) is 62.7 Å². The van der Waals surface area contributed by atoms with E-state index in [1.54, 1.807) is 0 Å². The van der Waals surface area contributed by atoms with Crippen LogP contribution in [0.15, 0.2) is 91.0 Å². The number of benzene rings is 5. The zero-order valence-corrected chi connectivity index (χ0v) is 16.2. The van der Waals surface area contributed by atoms with E-state index in [4.69, 9.17) is 0 Å². The van der Waals surface area contributed by atoms with Gasteiger partial charge < -0.3 is 0 Å². The lowest BCUT2D eigenvalue weighted by molar-refractivity contribution is 0.192. The first-order chi connectivity index (χ1) is 14.3. The van der Waals surface area contributed by atoms with E-state index in [0.717, 1.165) is 34.7 Å². The first-order valence-corrected chi connectivity index (χ1v) is 10.4. The highest BCUT2D eigenvalue weighted by Gasteiger charge is 2.40. The predicted octanol–water partition coefficient (Wildman–Crippen LogP) is 7.70. The van der Waals surface area contributed by atoms with Crippen LogP contribution < -0.4 is 0 Å². The first kappa shape index (κ1) is 16.7. The molecule has 1 aliphatic carbocycles. The van der Waals surface area contributed by atoms with Gasteiger partial charge in [0.1, 0.15) is 0 Å². The Balaban J connectivity index is 1.66. The molecule has 0 bridgehead atoms. The molecule has 0 saturated heterocycles. The van der Waals surface area contributed by atoms with Gasteiger partial charge in [-0.3, -0.25) is 0 Å². The van der Waals surface area contributed by atoms with Crippen molar-refractivity contribution in [1.82, 2.24) is 0 Å². The van der Waals surface area contributed by atoms with Crippen LogP contribution in [0, 0.1) is 0 Å². The summed E-state index contributed by atoms with van der Waals surface area (Å²) in [4.78, 5) is 0. The van der Waals surface area contributed by atoms with Crippen molar-refractivity contribution in [1.29, 1.82) is 0 Å². The van der Waals surface area contributed by atoms with E-state index < -0.39 is 5.67 Å². The van der Waals surface area contributed by atoms with E-state index in [1.165, 1.54) is 27.1 Å². The topological polar surface area (TPSA) is 0 Å². The van der Waals surface area contributed by atoms with Crippen LogP contribution in [0.4, 0.5) is 4.39 Å². The lowest BCUT2D eigenvalue weighted by Gasteiger charge is -2.34. The van der Waals surface area contributed by atoms with E-state index >= 15 is 4.39 Å². The summed E-state index contributed by atoms with van der Waals surface area (Å²) in [5.74, 6) is 0. The molecule has 0 radical (unpaired) electrons. The minimum atomic E-state index is -1.45. The second-order valence-electron chi connectivity index (χ2n) is 8.15. The summed E-state index contributed by atoms with van der Waals surface area (Å²) in [7, 11) is 0. The van der Waals surface area contributed by atoms with Crippen LogP contribution in [0.1, 0.15) is 29.5 Å². The summed E-state index contributed by atoms with van der Waals surface area (Å²) >= 11 is 0. The van der Waals surface area contributed by atoms with Crippen LogP contribution in [0.2, 0.25) is 0 Å². The van der Waals surface area contributed by atoms with Crippen LogP contribution >= 0.6 is 0 Å². The molecular weight excluding hydrogens is 355 g/mol. The molecule has 0 aliphatic heterocycles. The van der Waals surface area contributed by atoms with Crippen molar-refractivity contribution < 1.29 is 4.39 Å². The van der Waals surface area contributed by atoms with Crippen LogP contribution in [-0.4, -0.2) is 0 Å². The number of hydrogen-bond acceptors (Lipinski definition) is 0. The lowest BCUT2D eigenvalue weighted by atomic mass is 9.73. The third-order valence-corrected chi connectivity index (χ3v) is 6.63. The Morgan fingerprint density at radius 2 is 1.24 bits per heavy atom. The summed E-state index contributed by atoms with van der Waals surface area (Å²) in [6, 6.07) is 31.2. The Bertz CT molecular complexity index is 1390. The van der Waals surface area contributed by atoms with E-state index in [9.17, 15) is 0 Å². The van der Waals surface area contributed by atoms with Crippen molar-refractivity contribution in [2.75, 3.05) is 0 Å². The summed E-state index contributed by atoms with van der Waals surface area (Å²) in [6.45, 7) is 0. The fourth-order valence-corrected chi connectivity index (χ4v) is 5.29. The molecule has 1 atom stereocenters. The van der Waals surface area contributed by atoms with E-state index in [1.807, 2.05) is 30.3 Å². The van der Waals surface area contributed by atoms with Gasteiger partial charge in [0.2, 0.25) is 0 Å². The fourth-order valence-electron chi connectivity index (χ4n) is 5.29. The van der Waals surface area contributed by atoms with Gasteiger partial charge >= 0.3 is 0 Å². The minimum Gasteiger partial charge on any atom is -0.233 e. The van der Waals surface area contributed by atoms with E-state index in [2.05, 4.69) is 60.7 Å². The van der Waals surface area contributed by atoms with Crippen LogP contribution in [0.3, 0.4) is 0 Å². The number of alkyl halides is 1. The molecule has 29 heavy (non-hydrogen) atoms. The molecule has 0 fully saturated rings. The number of halogens is 1. The molecule has 0 N–H and O–H groups in total. The summed E-state index contributed by atoms with van der Waals surface area (Å²) in [6.07, 6.45) is 2.33. The third kappa shape index (κ3) is 2.37. The molecule has 0 aromatic heterocycles. The van der Waals surface area contributed by atoms with Gasteiger partial charge in [-0.1, -0.05) is 91.0 Å². The van der Waals surface area contributed by atoms with Crippen LogP contribution in [0.25, 0.3) is 32.3 Å². The average molecular weight is 376 g/mol. The van der Waals surface area contributed by atoms with Crippen LogP contribution in [-0.2, 0) is 12.1 Å². The summed E-state index contributed by atoms with van der Waals surface area (Å²) in [5, 5.41) is 7.02. The Hall–Kier alpha value is -3.19. The van der Waals surface area contributed by atoms with Gasteiger partial charge in [0.15, 0.2) is 5.67 Å². The highest BCUT2D eigenvalue weighted by Crippen LogP contribution is 2.48. The van der Waals surface area contributed by atoms with Crippen molar-refractivity contribution in [2.24, 2.45) is 0 Å². The second kappa shape index (κ2) is 6.15. The average Bonchev–Trinajstić information content (AvgIpc) is 2.78. The smallest absolute Gasteiger partial charge is 0.161 e. The molecule has 0 heterocycles. The SMILES string of the molecule is FC1(c2cccc3ccccc23)CCCc2c1ccc1c2ccc2ccccc21. The Morgan fingerprint density at radius 1 is 0.552 bits per heavy atom. The molecule has 0 spiro atoms. The highest BCUT2D eigenvalue weighted by molar-refractivity contribution is 6.09. The molecule has 1 heteroatoms. The van der Waals surface area contributed by atoms with Crippen molar-refractivity contribution in [3.8, 4) is 0 Å². The Labute approximate surface area is 169 Å². The van der Waals surface area contributed by atoms with Gasteiger partial charge in [-0.2, -0.15) is 0 Å². The molecule has 5 aromatic rings. The molecule has 1 aliphatic rings. The second-order valence-corrected chi connectivity index (χ2v) is 8.15. The maximum Gasteiger partial charge on any atom is 0.161 e. The zero-order valence-electron chi connectivity index (χ0n) is 16.2. The van der Waals surface area contributed by atoms with Gasteiger partial charge in [-0.15, -0.1) is 0 Å². The maximum absolute atomic E-state index is 16.9. The number of hydrogen-bond donors (Lipinski definition) is 0. The lowest BCUT2D eigenvalue weighted by Crippen LogP contribution is -2.28.